The van der Waals surface area contributed by atoms with Crippen LogP contribution in [0.3, 0.4) is 0 Å². The first-order chi connectivity index (χ1) is 14.1. The highest BCUT2D eigenvalue weighted by Crippen LogP contribution is 2.33. The van der Waals surface area contributed by atoms with Crippen molar-refractivity contribution in [3.05, 3.63) is 59.7 Å². The fourth-order valence-electron chi connectivity index (χ4n) is 3.96. The molecule has 3 heterocycles. The molecule has 2 aromatic rings. The van der Waals surface area contributed by atoms with Gasteiger partial charge in [0.15, 0.2) is 11.5 Å². The van der Waals surface area contributed by atoms with Gasteiger partial charge in [-0.25, -0.2) is 4.79 Å². The van der Waals surface area contributed by atoms with E-state index in [0.29, 0.717) is 30.2 Å². The van der Waals surface area contributed by atoms with Gasteiger partial charge in [-0.2, -0.15) is 0 Å². The number of rotatable bonds is 3. The van der Waals surface area contributed by atoms with Gasteiger partial charge in [-0.15, -0.1) is 0 Å². The Hall–Kier alpha value is -3.55. The minimum Gasteiger partial charge on any atom is -0.454 e. The van der Waals surface area contributed by atoms with Gasteiger partial charge in [0.1, 0.15) is 6.04 Å². The predicted octanol–water partition coefficient (Wildman–Crippen LogP) is 1.70. The van der Waals surface area contributed by atoms with Crippen molar-refractivity contribution in [2.45, 2.75) is 12.6 Å². The van der Waals surface area contributed by atoms with Gasteiger partial charge in [0.25, 0.3) is 11.8 Å². The number of benzene rings is 2. The number of fused-ring (bicyclic) bond motifs is 2. The van der Waals surface area contributed by atoms with E-state index in [-0.39, 0.29) is 37.7 Å². The number of carbonyl (C=O) groups is 3. The molecule has 2 fully saturated rings. The maximum absolute atomic E-state index is 13.0. The van der Waals surface area contributed by atoms with Gasteiger partial charge >= 0.3 is 6.03 Å². The number of hydrogen-bond donors (Lipinski definition) is 0. The second kappa shape index (κ2) is 6.80. The van der Waals surface area contributed by atoms with E-state index in [1.807, 2.05) is 30.3 Å². The second-order valence-electron chi connectivity index (χ2n) is 7.22. The summed E-state index contributed by atoms with van der Waals surface area (Å²) in [5.41, 5.74) is 1.36. The Morgan fingerprint density at radius 1 is 1.00 bits per heavy atom. The van der Waals surface area contributed by atoms with Crippen LogP contribution < -0.4 is 9.47 Å². The first-order valence-electron chi connectivity index (χ1n) is 9.46. The highest BCUT2D eigenvalue weighted by Gasteiger charge is 2.48. The molecule has 4 amide bonds. The quantitative estimate of drug-likeness (QED) is 0.742. The fourth-order valence-corrected chi connectivity index (χ4v) is 3.96. The lowest BCUT2D eigenvalue weighted by molar-refractivity contribution is -0.129. The molecule has 0 aliphatic carbocycles. The van der Waals surface area contributed by atoms with Crippen LogP contribution >= 0.6 is 0 Å². The van der Waals surface area contributed by atoms with Gasteiger partial charge in [-0.3, -0.25) is 14.5 Å². The van der Waals surface area contributed by atoms with Crippen LogP contribution in [-0.4, -0.2) is 65.0 Å². The number of piperazine rings is 1. The summed E-state index contributed by atoms with van der Waals surface area (Å²) in [6, 6.07) is 13.5. The smallest absolute Gasteiger partial charge is 0.327 e. The van der Waals surface area contributed by atoms with Crippen LogP contribution in [0.2, 0.25) is 0 Å². The molecule has 3 aliphatic rings. The molecule has 0 saturated carbocycles. The summed E-state index contributed by atoms with van der Waals surface area (Å²) in [6.07, 6.45) is 0. The van der Waals surface area contributed by atoms with Crippen molar-refractivity contribution in [1.29, 1.82) is 0 Å². The molecule has 0 spiro atoms. The largest absolute Gasteiger partial charge is 0.454 e. The first kappa shape index (κ1) is 17.5. The normalized spacial score (nSPS) is 20.3. The van der Waals surface area contributed by atoms with Gasteiger partial charge in [-0.1, -0.05) is 30.3 Å². The summed E-state index contributed by atoms with van der Waals surface area (Å²) in [5.74, 6) is 0.696. The maximum Gasteiger partial charge on any atom is 0.327 e. The Bertz CT molecular complexity index is 993. The average Bonchev–Trinajstić information content (AvgIpc) is 3.32. The first-order valence-corrected chi connectivity index (χ1v) is 9.46. The van der Waals surface area contributed by atoms with Crippen LogP contribution in [0.5, 0.6) is 11.5 Å². The highest BCUT2D eigenvalue weighted by molar-refractivity contribution is 6.05. The van der Waals surface area contributed by atoms with Crippen molar-refractivity contribution in [2.24, 2.45) is 0 Å². The molecule has 2 aromatic carbocycles. The van der Waals surface area contributed by atoms with Crippen LogP contribution in [0.25, 0.3) is 0 Å². The number of amides is 4. The van der Waals surface area contributed by atoms with Crippen molar-refractivity contribution < 1.29 is 23.9 Å². The molecule has 0 N–H and O–H groups in total. The van der Waals surface area contributed by atoms with Gasteiger partial charge in [-0.05, 0) is 23.8 Å². The molecule has 0 bridgehead atoms. The number of imide groups is 1. The van der Waals surface area contributed by atoms with Gasteiger partial charge < -0.3 is 19.3 Å². The van der Waals surface area contributed by atoms with Crippen LogP contribution in [-0.2, 0) is 11.3 Å². The number of hydrogen-bond acceptors (Lipinski definition) is 5. The molecule has 8 heteroatoms. The van der Waals surface area contributed by atoms with Crippen LogP contribution in [0.1, 0.15) is 15.9 Å². The van der Waals surface area contributed by atoms with Crippen LogP contribution in [0, 0.1) is 0 Å². The summed E-state index contributed by atoms with van der Waals surface area (Å²) in [4.78, 5) is 43.0. The molecular formula is C21H19N3O5. The van der Waals surface area contributed by atoms with Crippen molar-refractivity contribution in [1.82, 2.24) is 14.7 Å². The Morgan fingerprint density at radius 3 is 2.62 bits per heavy atom. The Labute approximate surface area is 167 Å². The zero-order valence-electron chi connectivity index (χ0n) is 15.6. The Kier molecular flexibility index (Phi) is 4.12. The molecule has 3 aliphatic heterocycles. The van der Waals surface area contributed by atoms with E-state index in [1.54, 1.807) is 28.0 Å². The second-order valence-corrected chi connectivity index (χ2v) is 7.22. The van der Waals surface area contributed by atoms with Gasteiger partial charge in [0.05, 0.1) is 13.1 Å². The number of ether oxygens (including phenoxy) is 2. The summed E-state index contributed by atoms with van der Waals surface area (Å²) < 4.78 is 10.6. The number of nitrogens with zero attached hydrogens (tertiary/aromatic N) is 3. The topological polar surface area (TPSA) is 79.4 Å². The van der Waals surface area contributed by atoms with Crippen molar-refractivity contribution in [3.63, 3.8) is 0 Å². The lowest BCUT2D eigenvalue weighted by atomic mass is 10.1. The molecule has 1 unspecified atom stereocenters. The minimum atomic E-state index is -0.641. The molecule has 29 heavy (non-hydrogen) atoms. The third-order valence-electron chi connectivity index (χ3n) is 5.50. The van der Waals surface area contributed by atoms with Gasteiger partial charge in [0.2, 0.25) is 6.79 Å². The SMILES string of the molecule is O=C(c1ccc2c(c1)OCO2)N1CCN2C(=O)N(Cc3ccccc3)C(=O)C2C1. The molecule has 1 atom stereocenters. The molecule has 5 rings (SSSR count). The standard InChI is InChI=1S/C21H19N3O5/c25-19(15-6-7-17-18(10-15)29-13-28-17)22-8-9-23-16(12-22)20(26)24(21(23)27)11-14-4-2-1-3-5-14/h1-7,10,16H,8-9,11-13H2. The lowest BCUT2D eigenvalue weighted by Gasteiger charge is -2.35. The summed E-state index contributed by atoms with van der Waals surface area (Å²) in [6.45, 7) is 1.27. The molecule has 2 saturated heterocycles. The molecular weight excluding hydrogens is 374 g/mol. The van der Waals surface area contributed by atoms with E-state index >= 15 is 0 Å². The van der Waals surface area contributed by atoms with E-state index in [9.17, 15) is 14.4 Å². The third kappa shape index (κ3) is 2.97. The molecule has 148 valence electrons. The molecule has 8 nitrogen and oxygen atoms in total. The summed E-state index contributed by atoms with van der Waals surface area (Å²) in [5, 5.41) is 0. The third-order valence-corrected chi connectivity index (χ3v) is 5.50. The fraction of sp³-hybridized carbons (Fsp3) is 0.286. The van der Waals surface area contributed by atoms with Crippen LogP contribution in [0.4, 0.5) is 4.79 Å². The maximum atomic E-state index is 13.0. The summed E-state index contributed by atoms with van der Waals surface area (Å²) in [7, 11) is 0. The Balaban J connectivity index is 1.32. The molecule has 0 aromatic heterocycles. The average molecular weight is 393 g/mol. The van der Waals surface area contributed by atoms with E-state index in [0.717, 1.165) is 5.56 Å². The monoisotopic (exact) mass is 393 g/mol. The predicted molar refractivity (Wildman–Crippen MR) is 101 cm³/mol. The highest BCUT2D eigenvalue weighted by atomic mass is 16.7. The van der Waals surface area contributed by atoms with Crippen LogP contribution in [0.15, 0.2) is 48.5 Å². The summed E-state index contributed by atoms with van der Waals surface area (Å²) >= 11 is 0. The van der Waals surface area contributed by atoms with E-state index < -0.39 is 6.04 Å². The lowest BCUT2D eigenvalue weighted by Crippen LogP contribution is -2.54. The number of carbonyl (C=O) groups excluding carboxylic acids is 3. The Morgan fingerprint density at radius 2 is 1.79 bits per heavy atom. The van der Waals surface area contributed by atoms with Crippen molar-refractivity contribution >= 4 is 17.8 Å². The van der Waals surface area contributed by atoms with Crippen molar-refractivity contribution in [3.8, 4) is 11.5 Å². The number of urea groups is 1. The van der Waals surface area contributed by atoms with E-state index in [4.69, 9.17) is 9.47 Å². The van der Waals surface area contributed by atoms with Crippen molar-refractivity contribution in [2.75, 3.05) is 26.4 Å². The van der Waals surface area contributed by atoms with E-state index in [1.165, 1.54) is 4.90 Å². The van der Waals surface area contributed by atoms with Gasteiger partial charge in [0, 0.05) is 18.7 Å². The zero-order valence-corrected chi connectivity index (χ0v) is 15.6. The van der Waals surface area contributed by atoms with E-state index in [2.05, 4.69) is 0 Å². The minimum absolute atomic E-state index is 0.140. The zero-order chi connectivity index (χ0) is 20.0. The molecule has 0 radical (unpaired) electrons.